The van der Waals surface area contributed by atoms with Gasteiger partial charge in [-0.15, -0.1) is 0 Å². The molecule has 2 unspecified atom stereocenters. The monoisotopic (exact) mass is 268 g/mol. The first kappa shape index (κ1) is 14.3. The Hall–Kier alpha value is -1.10. The number of amides is 1. The van der Waals surface area contributed by atoms with Gasteiger partial charge in [-0.1, -0.05) is 12.8 Å². The van der Waals surface area contributed by atoms with Crippen molar-refractivity contribution in [1.82, 2.24) is 10.2 Å². The Morgan fingerprint density at radius 2 is 1.89 bits per heavy atom. The second-order valence-electron chi connectivity index (χ2n) is 5.58. The van der Waals surface area contributed by atoms with Crippen LogP contribution in [-0.2, 0) is 14.3 Å². The maximum atomic E-state index is 12.2. The number of likely N-dealkylation sites (tertiary alicyclic amines) is 1. The zero-order valence-corrected chi connectivity index (χ0v) is 11.9. The molecule has 0 bridgehead atoms. The predicted molar refractivity (Wildman–Crippen MR) is 71.6 cm³/mol. The normalized spacial score (nSPS) is 26.3. The molecule has 2 fully saturated rings. The Labute approximate surface area is 114 Å². The van der Waals surface area contributed by atoms with Gasteiger partial charge in [0.05, 0.1) is 13.2 Å². The van der Waals surface area contributed by atoms with E-state index in [-0.39, 0.29) is 24.0 Å². The third-order valence-corrected chi connectivity index (χ3v) is 4.35. The molecular weight excluding hydrogens is 244 g/mol. The lowest BCUT2D eigenvalue weighted by Gasteiger charge is -2.29. The van der Waals surface area contributed by atoms with Crippen molar-refractivity contribution < 1.29 is 14.3 Å². The highest BCUT2D eigenvalue weighted by atomic mass is 16.5. The maximum absolute atomic E-state index is 12.2. The summed E-state index contributed by atoms with van der Waals surface area (Å²) < 4.78 is 4.82. The molecule has 1 amide bonds. The van der Waals surface area contributed by atoms with Crippen LogP contribution < -0.4 is 5.32 Å². The van der Waals surface area contributed by atoms with Crippen LogP contribution in [0.2, 0.25) is 0 Å². The molecule has 1 aliphatic heterocycles. The fourth-order valence-electron chi connectivity index (χ4n) is 3.18. The van der Waals surface area contributed by atoms with Gasteiger partial charge in [-0.25, -0.2) is 0 Å². The lowest BCUT2D eigenvalue weighted by molar-refractivity contribution is -0.147. The summed E-state index contributed by atoms with van der Waals surface area (Å²) in [5, 5.41) is 3.10. The van der Waals surface area contributed by atoms with Gasteiger partial charge in [0.15, 0.2) is 0 Å². The van der Waals surface area contributed by atoms with Crippen LogP contribution in [0.1, 0.15) is 45.4 Å². The molecule has 0 aromatic rings. The third kappa shape index (κ3) is 3.26. The Morgan fingerprint density at radius 1 is 1.21 bits per heavy atom. The highest BCUT2D eigenvalue weighted by molar-refractivity contribution is 5.83. The van der Waals surface area contributed by atoms with E-state index in [1.165, 1.54) is 20.0 Å². The van der Waals surface area contributed by atoms with E-state index in [0.29, 0.717) is 6.04 Å². The summed E-state index contributed by atoms with van der Waals surface area (Å²) in [5.74, 6) is -0.180. The highest BCUT2D eigenvalue weighted by Gasteiger charge is 2.37. The first-order valence-corrected chi connectivity index (χ1v) is 7.27. The Balaban J connectivity index is 1.91. The molecule has 0 aromatic heterocycles. The molecule has 2 rings (SSSR count). The Bertz CT molecular complexity index is 340. The number of nitrogens with zero attached hydrogens (tertiary/aromatic N) is 1. The second-order valence-corrected chi connectivity index (χ2v) is 5.58. The summed E-state index contributed by atoms with van der Waals surface area (Å²) in [6, 6.07) is -0.185. The summed E-state index contributed by atoms with van der Waals surface area (Å²) in [7, 11) is 1.40. The van der Waals surface area contributed by atoms with Gasteiger partial charge >= 0.3 is 5.97 Å². The van der Waals surface area contributed by atoms with Gasteiger partial charge in [-0.3, -0.25) is 14.5 Å². The standard InChI is InChI=1S/C14H24N2O3/c1-10(13(17)15-11-6-3-4-7-11)16-9-5-8-12(16)14(18)19-2/h10-12H,3-9H2,1-2H3,(H,15,17). The quantitative estimate of drug-likeness (QED) is 0.775. The zero-order valence-electron chi connectivity index (χ0n) is 11.9. The van der Waals surface area contributed by atoms with Crippen LogP contribution in [0.5, 0.6) is 0 Å². The lowest BCUT2D eigenvalue weighted by Crippen LogP contribution is -2.51. The van der Waals surface area contributed by atoms with Crippen molar-refractivity contribution in [3.05, 3.63) is 0 Å². The van der Waals surface area contributed by atoms with Gasteiger partial charge < -0.3 is 10.1 Å². The van der Waals surface area contributed by atoms with E-state index < -0.39 is 0 Å². The van der Waals surface area contributed by atoms with E-state index in [2.05, 4.69) is 5.32 Å². The van der Waals surface area contributed by atoms with Crippen molar-refractivity contribution in [1.29, 1.82) is 0 Å². The molecule has 0 spiro atoms. The smallest absolute Gasteiger partial charge is 0.323 e. The number of hydrogen-bond acceptors (Lipinski definition) is 4. The number of carbonyl (C=O) groups is 2. The molecule has 5 heteroatoms. The summed E-state index contributed by atoms with van der Waals surface area (Å²) in [4.78, 5) is 25.9. The van der Waals surface area contributed by atoms with Crippen LogP contribution in [0.4, 0.5) is 0 Å². The molecule has 1 aliphatic carbocycles. The Morgan fingerprint density at radius 3 is 2.53 bits per heavy atom. The number of ether oxygens (including phenoxy) is 1. The van der Waals surface area contributed by atoms with E-state index in [9.17, 15) is 9.59 Å². The van der Waals surface area contributed by atoms with E-state index in [1.807, 2.05) is 11.8 Å². The topological polar surface area (TPSA) is 58.6 Å². The van der Waals surface area contributed by atoms with Gasteiger partial charge in [-0.05, 0) is 39.2 Å². The van der Waals surface area contributed by atoms with Crippen molar-refractivity contribution in [2.75, 3.05) is 13.7 Å². The molecule has 1 heterocycles. The van der Waals surface area contributed by atoms with Gasteiger partial charge in [0.25, 0.3) is 0 Å². The van der Waals surface area contributed by atoms with E-state index in [1.54, 1.807) is 0 Å². The van der Waals surface area contributed by atoms with Crippen LogP contribution in [0.3, 0.4) is 0 Å². The number of nitrogens with one attached hydrogen (secondary N) is 1. The Kier molecular flexibility index (Phi) is 4.80. The van der Waals surface area contributed by atoms with Crippen LogP contribution in [-0.4, -0.2) is 48.6 Å². The summed E-state index contributed by atoms with van der Waals surface area (Å²) in [5.41, 5.74) is 0. The number of methoxy groups -OCH3 is 1. The minimum absolute atomic E-state index is 0.0442. The molecule has 108 valence electrons. The number of carbonyl (C=O) groups excluding carboxylic acids is 2. The fourth-order valence-corrected chi connectivity index (χ4v) is 3.18. The maximum Gasteiger partial charge on any atom is 0.323 e. The minimum Gasteiger partial charge on any atom is -0.468 e. The molecule has 5 nitrogen and oxygen atoms in total. The van der Waals surface area contributed by atoms with Crippen LogP contribution in [0.15, 0.2) is 0 Å². The first-order chi connectivity index (χ1) is 9.13. The fraction of sp³-hybridized carbons (Fsp3) is 0.857. The number of hydrogen-bond donors (Lipinski definition) is 1. The first-order valence-electron chi connectivity index (χ1n) is 7.27. The SMILES string of the molecule is COC(=O)C1CCCN1C(C)C(=O)NC1CCCC1. The molecule has 0 radical (unpaired) electrons. The van der Waals surface area contributed by atoms with Gasteiger partial charge in [0.2, 0.25) is 5.91 Å². The number of esters is 1. The lowest BCUT2D eigenvalue weighted by atomic mass is 10.1. The van der Waals surface area contributed by atoms with Crippen molar-refractivity contribution in [3.63, 3.8) is 0 Å². The van der Waals surface area contributed by atoms with Gasteiger partial charge in [0, 0.05) is 6.04 Å². The molecular formula is C14H24N2O3. The van der Waals surface area contributed by atoms with Crippen molar-refractivity contribution >= 4 is 11.9 Å². The van der Waals surface area contributed by atoms with Crippen LogP contribution >= 0.6 is 0 Å². The summed E-state index contributed by atoms with van der Waals surface area (Å²) in [6.07, 6.45) is 6.30. The molecule has 19 heavy (non-hydrogen) atoms. The van der Waals surface area contributed by atoms with E-state index >= 15 is 0 Å². The largest absolute Gasteiger partial charge is 0.468 e. The second kappa shape index (κ2) is 6.37. The molecule has 2 atom stereocenters. The summed E-state index contributed by atoms with van der Waals surface area (Å²) in [6.45, 7) is 2.67. The highest BCUT2D eigenvalue weighted by Crippen LogP contribution is 2.22. The van der Waals surface area contributed by atoms with Crippen LogP contribution in [0, 0.1) is 0 Å². The molecule has 1 saturated carbocycles. The van der Waals surface area contributed by atoms with Gasteiger partial charge in [0.1, 0.15) is 6.04 Å². The zero-order chi connectivity index (χ0) is 13.8. The summed E-state index contributed by atoms with van der Waals surface area (Å²) >= 11 is 0. The van der Waals surface area contributed by atoms with Crippen molar-refractivity contribution in [3.8, 4) is 0 Å². The van der Waals surface area contributed by atoms with Crippen LogP contribution in [0.25, 0.3) is 0 Å². The third-order valence-electron chi connectivity index (χ3n) is 4.35. The van der Waals surface area contributed by atoms with Crippen molar-refractivity contribution in [2.45, 2.75) is 63.6 Å². The predicted octanol–water partition coefficient (Wildman–Crippen LogP) is 1.07. The number of rotatable bonds is 4. The van der Waals surface area contributed by atoms with E-state index in [4.69, 9.17) is 4.74 Å². The molecule has 2 aliphatic rings. The molecule has 0 aromatic carbocycles. The average Bonchev–Trinajstić information content (AvgIpc) is 3.07. The minimum atomic E-state index is -0.257. The van der Waals surface area contributed by atoms with Crippen molar-refractivity contribution in [2.24, 2.45) is 0 Å². The molecule has 1 N–H and O–H groups in total. The van der Waals surface area contributed by atoms with E-state index in [0.717, 1.165) is 32.2 Å². The molecule has 1 saturated heterocycles. The van der Waals surface area contributed by atoms with Gasteiger partial charge in [-0.2, -0.15) is 0 Å². The average molecular weight is 268 g/mol.